The van der Waals surface area contributed by atoms with Gasteiger partial charge in [-0.15, -0.1) is 0 Å². The molecule has 6 rings (SSSR count). The van der Waals surface area contributed by atoms with Gasteiger partial charge in [-0.25, -0.2) is 0 Å². The molecule has 2 unspecified atom stereocenters. The Labute approximate surface area is 218 Å². The van der Waals surface area contributed by atoms with Crippen LogP contribution in [0.3, 0.4) is 0 Å². The molecule has 0 bridgehead atoms. The Morgan fingerprint density at radius 2 is 1.47 bits per heavy atom. The summed E-state index contributed by atoms with van der Waals surface area (Å²) in [6, 6.07) is 33.2. The highest BCUT2D eigenvalue weighted by molar-refractivity contribution is 9.10. The molecule has 0 amide bonds. The summed E-state index contributed by atoms with van der Waals surface area (Å²) in [5, 5.41) is 4.68. The molecular weight excluding hydrogens is 512 g/mol. The third kappa shape index (κ3) is 4.15. The molecule has 1 aliphatic rings. The van der Waals surface area contributed by atoms with Crippen molar-refractivity contribution in [2.24, 2.45) is 0 Å². The Balaban J connectivity index is 1.43. The number of esters is 1. The lowest BCUT2D eigenvalue weighted by Gasteiger charge is -2.30. The zero-order valence-corrected chi connectivity index (χ0v) is 21.4. The number of methoxy groups -OCH3 is 1. The monoisotopic (exact) mass is 536 g/mol. The second-order valence-corrected chi connectivity index (χ2v) is 10.1. The first-order valence-electron chi connectivity index (χ1n) is 12.0. The van der Waals surface area contributed by atoms with Gasteiger partial charge >= 0.3 is 5.97 Å². The lowest BCUT2D eigenvalue weighted by atomic mass is 9.89. The maximum atomic E-state index is 12.7. The third-order valence-electron chi connectivity index (χ3n) is 7.02. The van der Waals surface area contributed by atoms with Crippen LogP contribution in [0.5, 0.6) is 0 Å². The number of carbonyl (C=O) groups is 1. The molecule has 0 radical (unpaired) electrons. The van der Waals surface area contributed by atoms with E-state index in [9.17, 15) is 4.79 Å². The predicted octanol–water partition coefficient (Wildman–Crippen LogP) is 7.04. The molecule has 0 fully saturated rings. The molecule has 1 aromatic heterocycles. The fraction of sp³-hybridized carbons (Fsp3) is 0.129. The Kier molecular flexibility index (Phi) is 5.96. The predicted molar refractivity (Wildman–Crippen MR) is 148 cm³/mol. The third-order valence-corrected chi connectivity index (χ3v) is 7.55. The van der Waals surface area contributed by atoms with E-state index in [1.807, 2.05) is 18.2 Å². The average molecular weight is 537 g/mol. The quantitative estimate of drug-likeness (QED) is 0.242. The molecular formula is C31H25BrN2O2. The molecule has 36 heavy (non-hydrogen) atoms. The van der Waals surface area contributed by atoms with Crippen LogP contribution in [0.25, 0.3) is 33.2 Å². The molecule has 0 saturated carbocycles. The number of rotatable bonds is 4. The number of ether oxygens (including phenoxy) is 1. The minimum absolute atomic E-state index is 0.147. The number of hydrogen-bond donors (Lipinski definition) is 2. The van der Waals surface area contributed by atoms with E-state index < -0.39 is 6.04 Å². The summed E-state index contributed by atoms with van der Waals surface area (Å²) in [6.45, 7) is 0. The van der Waals surface area contributed by atoms with E-state index in [2.05, 4.69) is 105 Å². The van der Waals surface area contributed by atoms with Crippen LogP contribution in [0, 0.1) is 0 Å². The summed E-state index contributed by atoms with van der Waals surface area (Å²) in [7, 11) is 1.45. The molecule has 0 saturated heterocycles. The lowest BCUT2D eigenvalue weighted by Crippen LogP contribution is -2.45. The van der Waals surface area contributed by atoms with Crippen LogP contribution in [0.2, 0.25) is 0 Å². The number of fused-ring (bicyclic) bond motifs is 3. The number of hydrogen-bond acceptors (Lipinski definition) is 3. The molecule has 5 heteroatoms. The number of benzene rings is 4. The van der Waals surface area contributed by atoms with Crippen molar-refractivity contribution in [2.75, 3.05) is 7.11 Å². The number of halogens is 1. The van der Waals surface area contributed by atoms with Gasteiger partial charge in [0.15, 0.2) is 0 Å². The highest BCUT2D eigenvalue weighted by Crippen LogP contribution is 2.37. The normalized spacial score (nSPS) is 17.1. The smallest absolute Gasteiger partial charge is 0.323 e. The van der Waals surface area contributed by atoms with Gasteiger partial charge in [0.05, 0.1) is 13.2 Å². The van der Waals surface area contributed by atoms with Gasteiger partial charge in [-0.3, -0.25) is 10.1 Å². The highest BCUT2D eigenvalue weighted by atomic mass is 79.9. The standard InChI is InChI=1S/C31H25BrN2O2/c1-36-31(35)28-18-26-25-17-23(21-11-14-24(32)15-12-21)13-16-27(25)33-30(26)29(34-28)22-9-7-20(8-10-22)19-5-3-2-4-6-19/h2-17,28-29,33-34H,18H2,1H3. The molecule has 5 aromatic rings. The summed E-state index contributed by atoms with van der Waals surface area (Å²) >= 11 is 3.52. The largest absolute Gasteiger partial charge is 0.468 e. The number of aromatic nitrogens is 1. The zero-order valence-electron chi connectivity index (χ0n) is 19.8. The van der Waals surface area contributed by atoms with Crippen LogP contribution >= 0.6 is 15.9 Å². The minimum atomic E-state index is -0.420. The molecule has 2 N–H and O–H groups in total. The van der Waals surface area contributed by atoms with Crippen molar-refractivity contribution in [3.05, 3.63) is 118 Å². The van der Waals surface area contributed by atoms with Crippen molar-refractivity contribution >= 4 is 32.8 Å². The van der Waals surface area contributed by atoms with E-state index in [1.54, 1.807) is 0 Å². The van der Waals surface area contributed by atoms with Gasteiger partial charge in [0.25, 0.3) is 0 Å². The van der Waals surface area contributed by atoms with Crippen molar-refractivity contribution in [2.45, 2.75) is 18.5 Å². The van der Waals surface area contributed by atoms with E-state index in [-0.39, 0.29) is 12.0 Å². The SMILES string of the molecule is COC(=O)C1Cc2c([nH]c3ccc(-c4ccc(Br)cc4)cc23)C(c2ccc(-c3ccccc3)cc2)N1. The molecule has 0 spiro atoms. The first-order chi connectivity index (χ1) is 17.6. The Hall–Kier alpha value is -3.67. The molecule has 0 aliphatic carbocycles. The van der Waals surface area contributed by atoms with Crippen LogP contribution in [0.15, 0.2) is 102 Å². The second kappa shape index (κ2) is 9.41. The number of carbonyl (C=O) groups excluding carboxylic acids is 1. The lowest BCUT2D eigenvalue weighted by molar-refractivity contribution is -0.143. The molecule has 4 aromatic carbocycles. The first kappa shape index (κ1) is 22.8. The fourth-order valence-electron chi connectivity index (χ4n) is 5.16. The van der Waals surface area contributed by atoms with Crippen LogP contribution < -0.4 is 5.32 Å². The summed E-state index contributed by atoms with van der Waals surface area (Å²) in [6.07, 6.45) is 0.574. The van der Waals surface area contributed by atoms with E-state index in [0.29, 0.717) is 6.42 Å². The fourth-order valence-corrected chi connectivity index (χ4v) is 5.42. The maximum absolute atomic E-state index is 12.7. The van der Waals surface area contributed by atoms with Gasteiger partial charge in [0.2, 0.25) is 0 Å². The molecule has 1 aliphatic heterocycles. The molecule has 2 atom stereocenters. The van der Waals surface area contributed by atoms with E-state index >= 15 is 0 Å². The zero-order chi connectivity index (χ0) is 24.6. The second-order valence-electron chi connectivity index (χ2n) is 9.15. The first-order valence-corrected chi connectivity index (χ1v) is 12.8. The Morgan fingerprint density at radius 3 is 2.19 bits per heavy atom. The minimum Gasteiger partial charge on any atom is -0.468 e. The van der Waals surface area contributed by atoms with Crippen LogP contribution in [-0.2, 0) is 16.0 Å². The number of aromatic amines is 1. The summed E-state index contributed by atoms with van der Waals surface area (Å²) in [4.78, 5) is 16.3. The molecule has 4 nitrogen and oxygen atoms in total. The van der Waals surface area contributed by atoms with Gasteiger partial charge in [-0.05, 0) is 57.6 Å². The van der Waals surface area contributed by atoms with Crippen molar-refractivity contribution < 1.29 is 9.53 Å². The van der Waals surface area contributed by atoms with Crippen LogP contribution in [-0.4, -0.2) is 24.1 Å². The van der Waals surface area contributed by atoms with Gasteiger partial charge in [0.1, 0.15) is 6.04 Å². The Morgan fingerprint density at radius 1 is 0.833 bits per heavy atom. The Bertz CT molecular complexity index is 1540. The summed E-state index contributed by atoms with van der Waals surface area (Å²) in [5.74, 6) is -0.245. The van der Waals surface area contributed by atoms with Gasteiger partial charge in [-0.2, -0.15) is 0 Å². The summed E-state index contributed by atoms with van der Waals surface area (Å²) in [5.41, 5.74) is 9.08. The topological polar surface area (TPSA) is 54.1 Å². The van der Waals surface area contributed by atoms with Gasteiger partial charge in [0, 0.05) is 27.5 Å². The van der Waals surface area contributed by atoms with Crippen molar-refractivity contribution in [3.8, 4) is 22.3 Å². The average Bonchev–Trinajstić information content (AvgIpc) is 3.31. The van der Waals surface area contributed by atoms with Crippen molar-refractivity contribution in [3.63, 3.8) is 0 Å². The van der Waals surface area contributed by atoms with Crippen LogP contribution in [0.1, 0.15) is 22.9 Å². The van der Waals surface area contributed by atoms with E-state index in [4.69, 9.17) is 4.74 Å². The number of H-pyrrole nitrogens is 1. The van der Waals surface area contributed by atoms with Gasteiger partial charge < -0.3 is 9.72 Å². The summed E-state index contributed by atoms with van der Waals surface area (Å²) < 4.78 is 6.20. The van der Waals surface area contributed by atoms with E-state index in [0.717, 1.165) is 48.9 Å². The molecule has 2 heterocycles. The van der Waals surface area contributed by atoms with Crippen molar-refractivity contribution in [1.82, 2.24) is 10.3 Å². The van der Waals surface area contributed by atoms with Gasteiger partial charge in [-0.1, -0.05) is 88.7 Å². The molecule has 178 valence electrons. The number of nitrogens with one attached hydrogen (secondary N) is 2. The maximum Gasteiger partial charge on any atom is 0.323 e. The van der Waals surface area contributed by atoms with E-state index in [1.165, 1.54) is 12.7 Å². The highest BCUT2D eigenvalue weighted by Gasteiger charge is 2.34. The van der Waals surface area contributed by atoms with Crippen molar-refractivity contribution in [1.29, 1.82) is 0 Å². The van der Waals surface area contributed by atoms with Crippen LogP contribution in [0.4, 0.5) is 0 Å².